The molecule has 0 aromatic heterocycles. The monoisotopic (exact) mass is 255 g/mol. The van der Waals surface area contributed by atoms with E-state index < -0.39 is 17.8 Å². The topological polar surface area (TPSA) is 77.8 Å². The number of aromatic hydroxyl groups is 1. The van der Waals surface area contributed by atoms with E-state index in [0.29, 0.717) is 5.02 Å². The Morgan fingerprint density at radius 3 is 2.59 bits per heavy atom. The number of carbonyl (C=O) groups excluding carboxylic acids is 1. The van der Waals surface area contributed by atoms with Crippen LogP contribution in [-0.2, 0) is 4.79 Å². The number of benzene rings is 1. The summed E-state index contributed by atoms with van der Waals surface area (Å²) in [7, 11) is 0. The van der Waals surface area contributed by atoms with Gasteiger partial charge in [-0.1, -0.05) is 11.6 Å². The first-order valence-electron chi connectivity index (χ1n) is 4.99. The number of halogens is 1. The Morgan fingerprint density at radius 1 is 1.35 bits per heavy atom. The van der Waals surface area contributed by atoms with E-state index >= 15 is 0 Å². The fourth-order valence-corrected chi connectivity index (χ4v) is 1.82. The molecule has 0 bridgehead atoms. The summed E-state index contributed by atoms with van der Waals surface area (Å²) in [5, 5.41) is 18.6. The van der Waals surface area contributed by atoms with Gasteiger partial charge >= 0.3 is 5.97 Å². The first kappa shape index (κ1) is 11.7. The Balaban J connectivity index is 2.11. The van der Waals surface area contributed by atoms with Gasteiger partial charge in [0.2, 0.25) is 0 Å². The van der Waals surface area contributed by atoms with Gasteiger partial charge in [-0.15, -0.1) is 0 Å². The van der Waals surface area contributed by atoms with Gasteiger partial charge in [0.05, 0.1) is 11.5 Å². The molecule has 90 valence electrons. The molecule has 0 saturated carbocycles. The third kappa shape index (κ3) is 2.19. The van der Waals surface area contributed by atoms with E-state index in [2.05, 4.69) is 0 Å². The quantitative estimate of drug-likeness (QED) is 0.832. The number of carboxylic acid groups (broad SMARTS) is 1. The van der Waals surface area contributed by atoms with Gasteiger partial charge in [-0.2, -0.15) is 0 Å². The number of likely N-dealkylation sites (tertiary alicyclic amines) is 1. The lowest BCUT2D eigenvalue weighted by Crippen LogP contribution is -2.53. The number of carbonyl (C=O) groups is 2. The maximum absolute atomic E-state index is 11.9. The van der Waals surface area contributed by atoms with E-state index in [4.69, 9.17) is 16.7 Å². The SMILES string of the molecule is O=C(O)C1CN(C(=O)c2cc(Cl)ccc2O)C1. The summed E-state index contributed by atoms with van der Waals surface area (Å²) in [5.41, 5.74) is 0.0985. The number of phenols is 1. The molecule has 0 atom stereocenters. The Bertz CT molecular complexity index is 482. The molecule has 2 rings (SSSR count). The highest BCUT2D eigenvalue weighted by Crippen LogP contribution is 2.26. The van der Waals surface area contributed by atoms with Crippen LogP contribution < -0.4 is 0 Å². The van der Waals surface area contributed by atoms with E-state index in [1.165, 1.54) is 23.1 Å². The van der Waals surface area contributed by atoms with Crippen LogP contribution in [0.25, 0.3) is 0 Å². The van der Waals surface area contributed by atoms with Crippen molar-refractivity contribution < 1.29 is 19.8 Å². The lowest BCUT2D eigenvalue weighted by molar-refractivity contribution is -0.146. The molecule has 0 aliphatic carbocycles. The number of hydrogen-bond acceptors (Lipinski definition) is 3. The molecule has 2 N–H and O–H groups in total. The summed E-state index contributed by atoms with van der Waals surface area (Å²) >= 11 is 5.73. The van der Waals surface area contributed by atoms with Crippen LogP contribution in [0.5, 0.6) is 5.75 Å². The third-order valence-electron chi connectivity index (χ3n) is 2.71. The molecule has 1 aromatic rings. The number of aliphatic carboxylic acids is 1. The van der Waals surface area contributed by atoms with Gasteiger partial charge in [0.15, 0.2) is 0 Å². The molecule has 17 heavy (non-hydrogen) atoms. The van der Waals surface area contributed by atoms with Crippen LogP contribution in [-0.4, -0.2) is 40.1 Å². The van der Waals surface area contributed by atoms with Crippen molar-refractivity contribution in [2.75, 3.05) is 13.1 Å². The standard InChI is InChI=1S/C11H10ClNO4/c12-7-1-2-9(14)8(3-7)10(15)13-4-6(5-13)11(16)17/h1-3,6,14H,4-5H2,(H,16,17). The van der Waals surface area contributed by atoms with Crippen LogP contribution in [0.2, 0.25) is 5.02 Å². The molecule has 1 aliphatic rings. The molecule has 1 aliphatic heterocycles. The van der Waals surface area contributed by atoms with Crippen molar-refractivity contribution in [2.45, 2.75) is 0 Å². The maximum atomic E-state index is 11.9. The highest BCUT2D eigenvalue weighted by molar-refractivity contribution is 6.31. The number of rotatable bonds is 2. The van der Waals surface area contributed by atoms with Gasteiger partial charge < -0.3 is 15.1 Å². The van der Waals surface area contributed by atoms with E-state index in [9.17, 15) is 14.7 Å². The fourth-order valence-electron chi connectivity index (χ4n) is 1.65. The van der Waals surface area contributed by atoms with E-state index in [1.54, 1.807) is 0 Å². The minimum atomic E-state index is -0.913. The molecule has 1 aromatic carbocycles. The Kier molecular flexibility index (Phi) is 2.93. The average Bonchev–Trinajstić information content (AvgIpc) is 2.18. The lowest BCUT2D eigenvalue weighted by atomic mass is 9.99. The van der Waals surface area contributed by atoms with Crippen LogP contribution >= 0.6 is 11.6 Å². The molecule has 6 heteroatoms. The molecular weight excluding hydrogens is 246 g/mol. The van der Waals surface area contributed by atoms with Gasteiger partial charge in [-0.25, -0.2) is 0 Å². The summed E-state index contributed by atoms with van der Waals surface area (Å²) in [6.45, 7) is 0.334. The van der Waals surface area contributed by atoms with E-state index in [0.717, 1.165) is 0 Å². The van der Waals surface area contributed by atoms with Gasteiger partial charge in [-0.3, -0.25) is 9.59 Å². The van der Waals surface area contributed by atoms with Crippen molar-refractivity contribution in [3.63, 3.8) is 0 Å². The first-order chi connectivity index (χ1) is 7.99. The number of carboxylic acids is 1. The van der Waals surface area contributed by atoms with Crippen molar-refractivity contribution in [3.8, 4) is 5.75 Å². The maximum Gasteiger partial charge on any atom is 0.310 e. The minimum Gasteiger partial charge on any atom is -0.507 e. The van der Waals surface area contributed by atoms with Crippen molar-refractivity contribution >= 4 is 23.5 Å². The van der Waals surface area contributed by atoms with Gasteiger partial charge in [-0.05, 0) is 18.2 Å². The molecule has 0 spiro atoms. The van der Waals surface area contributed by atoms with Crippen molar-refractivity contribution in [1.29, 1.82) is 0 Å². The lowest BCUT2D eigenvalue weighted by Gasteiger charge is -2.36. The van der Waals surface area contributed by atoms with Gasteiger partial charge in [0.1, 0.15) is 5.75 Å². The molecule has 0 unspecified atom stereocenters. The fraction of sp³-hybridized carbons (Fsp3) is 0.273. The highest BCUT2D eigenvalue weighted by atomic mass is 35.5. The molecule has 1 saturated heterocycles. The Labute approximate surface area is 102 Å². The molecule has 1 amide bonds. The normalized spacial score (nSPS) is 15.5. The molecule has 5 nitrogen and oxygen atoms in total. The summed E-state index contributed by atoms with van der Waals surface area (Å²) in [5.74, 6) is -1.98. The predicted octanol–water partition coefficient (Wildman–Crippen LogP) is 1.20. The van der Waals surface area contributed by atoms with Crippen LogP contribution in [0.1, 0.15) is 10.4 Å². The van der Waals surface area contributed by atoms with Crippen molar-refractivity contribution in [3.05, 3.63) is 28.8 Å². The van der Waals surface area contributed by atoms with E-state index in [-0.39, 0.29) is 24.4 Å². The van der Waals surface area contributed by atoms with Crippen LogP contribution in [0.15, 0.2) is 18.2 Å². The first-order valence-corrected chi connectivity index (χ1v) is 5.37. The van der Waals surface area contributed by atoms with Gasteiger partial charge in [0, 0.05) is 18.1 Å². The van der Waals surface area contributed by atoms with Crippen LogP contribution in [0.4, 0.5) is 0 Å². The summed E-state index contributed by atoms with van der Waals surface area (Å²) in [4.78, 5) is 23.8. The minimum absolute atomic E-state index is 0.0985. The predicted molar refractivity (Wildman–Crippen MR) is 60.1 cm³/mol. The second kappa shape index (κ2) is 4.25. The largest absolute Gasteiger partial charge is 0.507 e. The zero-order chi connectivity index (χ0) is 12.6. The van der Waals surface area contributed by atoms with Gasteiger partial charge in [0.25, 0.3) is 5.91 Å². The summed E-state index contributed by atoms with van der Waals surface area (Å²) < 4.78 is 0. The Morgan fingerprint density at radius 2 is 2.00 bits per heavy atom. The molecule has 1 heterocycles. The average molecular weight is 256 g/mol. The number of amides is 1. The second-order valence-corrected chi connectivity index (χ2v) is 4.34. The van der Waals surface area contributed by atoms with Crippen molar-refractivity contribution in [1.82, 2.24) is 4.90 Å². The number of phenolic OH excluding ortho intramolecular Hbond substituents is 1. The zero-order valence-electron chi connectivity index (χ0n) is 8.76. The molecule has 0 radical (unpaired) electrons. The second-order valence-electron chi connectivity index (χ2n) is 3.91. The summed E-state index contributed by atoms with van der Waals surface area (Å²) in [6.07, 6.45) is 0. The zero-order valence-corrected chi connectivity index (χ0v) is 9.52. The summed E-state index contributed by atoms with van der Waals surface area (Å²) in [6, 6.07) is 4.18. The number of hydrogen-bond donors (Lipinski definition) is 2. The van der Waals surface area contributed by atoms with Crippen LogP contribution in [0, 0.1) is 5.92 Å². The smallest absolute Gasteiger partial charge is 0.310 e. The molecule has 1 fully saturated rings. The number of nitrogens with zero attached hydrogens (tertiary/aromatic N) is 1. The van der Waals surface area contributed by atoms with Crippen LogP contribution in [0.3, 0.4) is 0 Å². The molecular formula is C11H10ClNO4. The highest BCUT2D eigenvalue weighted by Gasteiger charge is 2.36. The van der Waals surface area contributed by atoms with Crippen molar-refractivity contribution in [2.24, 2.45) is 5.92 Å². The van der Waals surface area contributed by atoms with E-state index in [1.807, 2.05) is 0 Å². The third-order valence-corrected chi connectivity index (χ3v) is 2.94. The Hall–Kier alpha value is -1.75.